The summed E-state index contributed by atoms with van der Waals surface area (Å²) in [7, 11) is -0.601. The van der Waals surface area contributed by atoms with Crippen molar-refractivity contribution in [2.75, 3.05) is 20.7 Å². The first-order valence-corrected chi connectivity index (χ1v) is 6.00. The molecule has 0 heterocycles. The van der Waals surface area contributed by atoms with Crippen LogP contribution in [0.2, 0.25) is 0 Å². The zero-order valence-corrected chi connectivity index (χ0v) is 9.86. The van der Waals surface area contributed by atoms with Gasteiger partial charge < -0.3 is 5.11 Å². The quantitative estimate of drug-likeness (QED) is 0.762. The fraction of sp³-hybridized carbons (Fsp3) is 0.300. The van der Waals surface area contributed by atoms with Crippen LogP contribution in [-0.4, -0.2) is 44.3 Å². The molecule has 0 amide bonds. The molecule has 0 fully saturated rings. The van der Waals surface area contributed by atoms with Gasteiger partial charge in [0, 0.05) is 19.7 Å². The molecule has 0 saturated heterocycles. The molecule has 1 rings (SSSR count). The van der Waals surface area contributed by atoms with E-state index in [1.165, 1.54) is 38.4 Å². The van der Waals surface area contributed by atoms with Gasteiger partial charge in [0.2, 0.25) is 10.0 Å². The summed E-state index contributed by atoms with van der Waals surface area (Å²) in [5.74, 6) is -0.436. The van der Waals surface area contributed by atoms with Crippen molar-refractivity contribution in [3.63, 3.8) is 0 Å². The Labute approximate surface area is 94.4 Å². The molecule has 0 bridgehead atoms. The van der Waals surface area contributed by atoms with Gasteiger partial charge in [-0.25, -0.2) is 12.7 Å². The summed E-state index contributed by atoms with van der Waals surface area (Å²) in [4.78, 5) is 11.2. The number of hydrogen-bond donors (Lipinski definition) is 1. The molecule has 88 valence electrons. The number of rotatable bonds is 4. The Morgan fingerprint density at radius 1 is 1.25 bits per heavy atom. The number of benzene rings is 1. The van der Waals surface area contributed by atoms with Crippen LogP contribution in [0.5, 0.6) is 0 Å². The van der Waals surface area contributed by atoms with Crippen LogP contribution in [0.1, 0.15) is 10.4 Å². The van der Waals surface area contributed by atoms with E-state index in [2.05, 4.69) is 0 Å². The van der Waals surface area contributed by atoms with E-state index in [4.69, 9.17) is 5.11 Å². The minimum atomic E-state index is -3.47. The maximum atomic E-state index is 11.7. The Morgan fingerprint density at radius 3 is 2.12 bits per heavy atom. The number of aliphatic hydroxyl groups is 1. The maximum absolute atomic E-state index is 11.7. The molecular weight excluding hydrogens is 230 g/mol. The van der Waals surface area contributed by atoms with Crippen LogP contribution in [0, 0.1) is 0 Å². The van der Waals surface area contributed by atoms with E-state index in [9.17, 15) is 13.2 Å². The largest absolute Gasteiger partial charge is 0.388 e. The molecule has 0 aliphatic rings. The topological polar surface area (TPSA) is 74.7 Å². The highest BCUT2D eigenvalue weighted by Crippen LogP contribution is 2.14. The van der Waals surface area contributed by atoms with Gasteiger partial charge >= 0.3 is 0 Å². The highest BCUT2D eigenvalue weighted by Gasteiger charge is 2.17. The number of sulfonamides is 1. The van der Waals surface area contributed by atoms with Gasteiger partial charge in [-0.1, -0.05) is 0 Å². The summed E-state index contributed by atoms with van der Waals surface area (Å²) in [5, 5.41) is 8.63. The standard InChI is InChI=1S/C10H13NO4S/c1-11(2)16(14,15)9-5-3-8(4-6-9)10(13)7-12/h3-6,12H,7H2,1-2H3. The lowest BCUT2D eigenvalue weighted by Gasteiger charge is -2.11. The minimum Gasteiger partial charge on any atom is -0.388 e. The van der Waals surface area contributed by atoms with Crippen LogP contribution >= 0.6 is 0 Å². The van der Waals surface area contributed by atoms with Crippen LogP contribution < -0.4 is 0 Å². The van der Waals surface area contributed by atoms with E-state index in [0.717, 1.165) is 4.31 Å². The number of hydrogen-bond acceptors (Lipinski definition) is 4. The Kier molecular flexibility index (Phi) is 3.79. The number of Topliss-reactive ketones (excluding diaryl/α,β-unsaturated/α-hetero) is 1. The van der Waals surface area contributed by atoms with E-state index in [-0.39, 0.29) is 4.90 Å². The van der Waals surface area contributed by atoms with Crippen molar-refractivity contribution >= 4 is 15.8 Å². The number of carbonyl (C=O) groups is 1. The number of carbonyl (C=O) groups excluding carboxylic acids is 1. The number of ketones is 1. The summed E-state index contributed by atoms with van der Waals surface area (Å²) in [6.45, 7) is -0.584. The summed E-state index contributed by atoms with van der Waals surface area (Å²) >= 11 is 0. The van der Waals surface area contributed by atoms with Crippen LogP contribution in [0.4, 0.5) is 0 Å². The van der Waals surface area contributed by atoms with Crippen LogP contribution in [0.15, 0.2) is 29.2 Å². The number of aliphatic hydroxyl groups excluding tert-OH is 1. The van der Waals surface area contributed by atoms with Gasteiger partial charge in [0.15, 0.2) is 5.78 Å². The van der Waals surface area contributed by atoms with Gasteiger partial charge in [-0.05, 0) is 24.3 Å². The zero-order valence-electron chi connectivity index (χ0n) is 9.04. The molecule has 0 atom stereocenters. The lowest BCUT2D eigenvalue weighted by molar-refractivity contribution is 0.0903. The van der Waals surface area contributed by atoms with Crippen molar-refractivity contribution in [3.05, 3.63) is 29.8 Å². The van der Waals surface area contributed by atoms with E-state index in [1.807, 2.05) is 0 Å². The van der Waals surface area contributed by atoms with Crippen LogP contribution in [-0.2, 0) is 10.0 Å². The van der Waals surface area contributed by atoms with Gasteiger partial charge in [-0.2, -0.15) is 0 Å². The van der Waals surface area contributed by atoms with Gasteiger partial charge in [-0.3, -0.25) is 4.79 Å². The summed E-state index contributed by atoms with van der Waals surface area (Å²) in [5.41, 5.74) is 0.292. The van der Waals surface area contributed by atoms with Crippen molar-refractivity contribution < 1.29 is 18.3 Å². The van der Waals surface area contributed by atoms with E-state index >= 15 is 0 Å². The average Bonchev–Trinajstić information content (AvgIpc) is 2.28. The first-order valence-electron chi connectivity index (χ1n) is 4.56. The smallest absolute Gasteiger partial charge is 0.242 e. The fourth-order valence-electron chi connectivity index (χ4n) is 1.11. The third kappa shape index (κ3) is 2.46. The molecule has 6 heteroatoms. The molecule has 5 nitrogen and oxygen atoms in total. The molecule has 0 spiro atoms. The van der Waals surface area contributed by atoms with E-state index in [1.54, 1.807) is 0 Å². The molecular formula is C10H13NO4S. The predicted molar refractivity (Wildman–Crippen MR) is 58.7 cm³/mol. The van der Waals surface area contributed by atoms with Crippen molar-refractivity contribution in [2.45, 2.75) is 4.90 Å². The SMILES string of the molecule is CN(C)S(=O)(=O)c1ccc(C(=O)CO)cc1. The summed E-state index contributed by atoms with van der Waals surface area (Å²) < 4.78 is 24.4. The first-order chi connectivity index (χ1) is 7.39. The molecule has 0 aliphatic heterocycles. The Balaban J connectivity index is 3.10. The predicted octanol–water partition coefficient (Wildman–Crippen LogP) is 0.112. The fourth-order valence-corrected chi connectivity index (χ4v) is 2.02. The number of nitrogens with zero attached hydrogens (tertiary/aromatic N) is 1. The third-order valence-electron chi connectivity index (χ3n) is 2.10. The van der Waals surface area contributed by atoms with Crippen molar-refractivity contribution in [2.24, 2.45) is 0 Å². The van der Waals surface area contributed by atoms with Crippen molar-refractivity contribution in [1.29, 1.82) is 0 Å². The molecule has 0 aromatic heterocycles. The van der Waals surface area contributed by atoms with Gasteiger partial charge in [0.25, 0.3) is 0 Å². The normalized spacial score (nSPS) is 11.8. The highest BCUT2D eigenvalue weighted by atomic mass is 32.2. The van der Waals surface area contributed by atoms with Crippen molar-refractivity contribution in [3.8, 4) is 0 Å². The lowest BCUT2D eigenvalue weighted by Crippen LogP contribution is -2.22. The Hall–Kier alpha value is -1.24. The van der Waals surface area contributed by atoms with Crippen molar-refractivity contribution in [1.82, 2.24) is 4.31 Å². The summed E-state index contributed by atoms with van der Waals surface area (Å²) in [6, 6.07) is 5.46. The van der Waals surface area contributed by atoms with E-state index in [0.29, 0.717) is 5.56 Å². The van der Waals surface area contributed by atoms with Gasteiger partial charge in [0.1, 0.15) is 6.61 Å². The Bertz CT molecular complexity index is 476. The summed E-state index contributed by atoms with van der Waals surface area (Å²) in [6.07, 6.45) is 0. The first kappa shape index (κ1) is 12.8. The molecule has 0 unspecified atom stereocenters. The molecule has 0 aliphatic carbocycles. The second kappa shape index (κ2) is 4.73. The average molecular weight is 243 g/mol. The molecule has 0 radical (unpaired) electrons. The van der Waals surface area contributed by atoms with Gasteiger partial charge in [-0.15, -0.1) is 0 Å². The molecule has 16 heavy (non-hydrogen) atoms. The highest BCUT2D eigenvalue weighted by molar-refractivity contribution is 7.89. The third-order valence-corrected chi connectivity index (χ3v) is 3.93. The monoisotopic (exact) mass is 243 g/mol. The molecule has 1 N–H and O–H groups in total. The van der Waals surface area contributed by atoms with Gasteiger partial charge in [0.05, 0.1) is 4.90 Å². The zero-order chi connectivity index (χ0) is 12.3. The maximum Gasteiger partial charge on any atom is 0.242 e. The van der Waals surface area contributed by atoms with E-state index < -0.39 is 22.4 Å². The molecule has 0 saturated carbocycles. The molecule has 1 aromatic rings. The minimum absolute atomic E-state index is 0.118. The van der Waals surface area contributed by atoms with Crippen LogP contribution in [0.3, 0.4) is 0 Å². The second-order valence-electron chi connectivity index (χ2n) is 3.39. The van der Waals surface area contributed by atoms with Crippen LogP contribution in [0.25, 0.3) is 0 Å². The molecule has 1 aromatic carbocycles. The second-order valence-corrected chi connectivity index (χ2v) is 5.54. The Morgan fingerprint density at radius 2 is 1.75 bits per heavy atom. The lowest BCUT2D eigenvalue weighted by atomic mass is 10.1.